The largest absolute Gasteiger partial charge is 0.496 e. The summed E-state index contributed by atoms with van der Waals surface area (Å²) in [6.45, 7) is 5.06. The Balaban J connectivity index is 1.53. The molecule has 0 radical (unpaired) electrons. The van der Waals surface area contributed by atoms with E-state index in [1.165, 1.54) is 19.5 Å². The fourth-order valence-corrected chi connectivity index (χ4v) is 7.55. The predicted molar refractivity (Wildman–Crippen MR) is 152 cm³/mol. The van der Waals surface area contributed by atoms with E-state index in [0.717, 1.165) is 62.3 Å². The second-order valence-corrected chi connectivity index (χ2v) is 12.1. The minimum Gasteiger partial charge on any atom is -0.496 e. The molecular weight excluding hydrogens is 533 g/mol. The summed E-state index contributed by atoms with van der Waals surface area (Å²) in [6.07, 6.45) is 0. The van der Waals surface area contributed by atoms with Gasteiger partial charge in [-0.3, -0.25) is 9.80 Å². The number of hydrogen-bond acceptors (Lipinski definition) is 10. The van der Waals surface area contributed by atoms with E-state index in [1.807, 2.05) is 24.3 Å². The van der Waals surface area contributed by atoms with Crippen LogP contribution in [0.1, 0.15) is 19.5 Å². The summed E-state index contributed by atoms with van der Waals surface area (Å²) in [6, 6.07) is 8.18. The number of hydrogen-bond donors (Lipinski definition) is 0. The van der Waals surface area contributed by atoms with Gasteiger partial charge in [-0.25, -0.2) is 0 Å². The number of rotatable bonds is 15. The molecule has 0 N–H and O–H groups in total. The van der Waals surface area contributed by atoms with Crippen molar-refractivity contribution in [1.29, 1.82) is 0 Å². The van der Waals surface area contributed by atoms with Crippen LogP contribution in [0.25, 0.3) is 0 Å². The van der Waals surface area contributed by atoms with Crippen molar-refractivity contribution in [2.24, 2.45) is 0 Å². The van der Waals surface area contributed by atoms with Crippen LogP contribution >= 0.6 is 45.3 Å². The zero-order chi connectivity index (χ0) is 25.3. The van der Waals surface area contributed by atoms with Gasteiger partial charge in [-0.2, -0.15) is 0 Å². The summed E-state index contributed by atoms with van der Waals surface area (Å²) in [5, 5.41) is 8.38. The van der Waals surface area contributed by atoms with E-state index in [-0.39, 0.29) is 0 Å². The molecule has 0 atom stereocenters. The molecule has 0 saturated heterocycles. The topological polar surface area (TPSA) is 43.4 Å². The molecule has 4 aromatic rings. The Labute approximate surface area is 229 Å². The SMILES string of the molecule is COc1ccsc1CN(CCN(Cc1sccc1OC)Cc1sccc1OC)Cc1sccc1OC. The van der Waals surface area contributed by atoms with Gasteiger partial charge < -0.3 is 18.9 Å². The normalized spacial score (nSPS) is 11.4. The van der Waals surface area contributed by atoms with E-state index in [9.17, 15) is 0 Å². The summed E-state index contributed by atoms with van der Waals surface area (Å²) in [7, 11) is 6.96. The van der Waals surface area contributed by atoms with Crippen molar-refractivity contribution >= 4 is 45.3 Å². The summed E-state index contributed by atoms with van der Waals surface area (Å²) in [5.41, 5.74) is 0. The van der Waals surface area contributed by atoms with Crippen LogP contribution < -0.4 is 18.9 Å². The molecular formula is C26H32N2O4S4. The van der Waals surface area contributed by atoms with Gasteiger partial charge in [0.2, 0.25) is 0 Å². The number of ether oxygens (including phenoxy) is 4. The van der Waals surface area contributed by atoms with Crippen LogP contribution in [-0.4, -0.2) is 51.3 Å². The van der Waals surface area contributed by atoms with Crippen molar-refractivity contribution in [3.63, 3.8) is 0 Å². The van der Waals surface area contributed by atoms with Crippen molar-refractivity contribution in [3.8, 4) is 23.0 Å². The van der Waals surface area contributed by atoms with Crippen LogP contribution in [0, 0.1) is 0 Å². The van der Waals surface area contributed by atoms with E-state index >= 15 is 0 Å². The van der Waals surface area contributed by atoms with E-state index in [0.29, 0.717) is 0 Å². The number of nitrogens with zero attached hydrogens (tertiary/aromatic N) is 2. The lowest BCUT2D eigenvalue weighted by molar-refractivity contribution is 0.182. The molecule has 0 spiro atoms. The minimum absolute atomic E-state index is 0.820. The first-order valence-corrected chi connectivity index (χ1v) is 15.0. The van der Waals surface area contributed by atoms with Crippen molar-refractivity contribution in [2.45, 2.75) is 26.2 Å². The summed E-state index contributed by atoms with van der Waals surface area (Å²) in [5.74, 6) is 3.80. The highest BCUT2D eigenvalue weighted by molar-refractivity contribution is 7.11. The quantitative estimate of drug-likeness (QED) is 0.161. The molecule has 0 bridgehead atoms. The van der Waals surface area contributed by atoms with Gasteiger partial charge in [0.1, 0.15) is 23.0 Å². The second kappa shape index (κ2) is 13.5. The third-order valence-electron chi connectivity index (χ3n) is 5.90. The highest BCUT2D eigenvalue weighted by Gasteiger charge is 2.19. The predicted octanol–water partition coefficient (Wildman–Crippen LogP) is 6.67. The monoisotopic (exact) mass is 564 g/mol. The fourth-order valence-electron chi connectivity index (χ4n) is 4.03. The lowest BCUT2D eigenvalue weighted by atomic mass is 10.3. The molecule has 6 nitrogen and oxygen atoms in total. The minimum atomic E-state index is 0.820. The lowest BCUT2D eigenvalue weighted by Crippen LogP contribution is -2.34. The molecule has 0 aromatic carbocycles. The fraction of sp³-hybridized carbons (Fsp3) is 0.385. The zero-order valence-corrected chi connectivity index (χ0v) is 24.3. The molecule has 0 aliphatic rings. The van der Waals surface area contributed by atoms with Gasteiger partial charge in [0, 0.05) is 39.3 Å². The summed E-state index contributed by atoms with van der Waals surface area (Å²) < 4.78 is 22.4. The Morgan fingerprint density at radius 2 is 0.722 bits per heavy atom. The van der Waals surface area contributed by atoms with Crippen LogP contribution in [0.2, 0.25) is 0 Å². The standard InChI is InChI=1S/C26H32N2O4S4/c1-29-19-5-11-33-23(19)15-27(16-24-20(30-2)6-12-34-24)9-10-28(17-25-21(31-3)7-13-35-25)18-26-22(32-4)8-14-36-26/h5-8,11-14H,9-10,15-18H2,1-4H3. The lowest BCUT2D eigenvalue weighted by Gasteiger charge is -2.27. The van der Waals surface area contributed by atoms with E-state index in [2.05, 4.69) is 31.3 Å². The average Bonchev–Trinajstić information content (AvgIpc) is 3.70. The molecule has 4 rings (SSSR count). The van der Waals surface area contributed by atoms with Crippen LogP contribution in [0.5, 0.6) is 23.0 Å². The third kappa shape index (κ3) is 6.81. The third-order valence-corrected chi connectivity index (χ3v) is 9.45. The van der Waals surface area contributed by atoms with E-state index < -0.39 is 0 Å². The van der Waals surface area contributed by atoms with Gasteiger partial charge >= 0.3 is 0 Å². The Kier molecular flexibility index (Phi) is 10.1. The van der Waals surface area contributed by atoms with Gasteiger partial charge in [0.15, 0.2) is 0 Å². The van der Waals surface area contributed by atoms with Gasteiger partial charge in [-0.15, -0.1) is 45.3 Å². The molecule has 0 saturated carbocycles. The first-order chi connectivity index (χ1) is 17.6. The Hall–Kier alpha value is -2.08. The molecule has 0 unspecified atom stereocenters. The van der Waals surface area contributed by atoms with Gasteiger partial charge in [-0.05, 0) is 45.8 Å². The first kappa shape index (κ1) is 27.0. The van der Waals surface area contributed by atoms with E-state index in [4.69, 9.17) is 18.9 Å². The summed E-state index contributed by atoms with van der Waals surface area (Å²) >= 11 is 6.96. The molecule has 0 aliphatic carbocycles. The van der Waals surface area contributed by atoms with Crippen LogP contribution in [-0.2, 0) is 26.2 Å². The number of thiophene rings is 4. The maximum absolute atomic E-state index is 5.61. The highest BCUT2D eigenvalue weighted by atomic mass is 32.1. The van der Waals surface area contributed by atoms with Gasteiger partial charge in [0.05, 0.1) is 47.9 Å². The molecule has 0 amide bonds. The molecule has 4 heterocycles. The van der Waals surface area contributed by atoms with Crippen molar-refractivity contribution in [2.75, 3.05) is 41.5 Å². The Morgan fingerprint density at radius 3 is 0.944 bits per heavy atom. The second-order valence-electron chi connectivity index (χ2n) is 8.07. The van der Waals surface area contributed by atoms with Crippen molar-refractivity contribution < 1.29 is 18.9 Å². The zero-order valence-electron chi connectivity index (χ0n) is 21.0. The van der Waals surface area contributed by atoms with Crippen LogP contribution in [0.4, 0.5) is 0 Å². The highest BCUT2D eigenvalue weighted by Crippen LogP contribution is 2.32. The van der Waals surface area contributed by atoms with Crippen molar-refractivity contribution in [1.82, 2.24) is 9.80 Å². The first-order valence-electron chi connectivity index (χ1n) is 11.5. The van der Waals surface area contributed by atoms with Gasteiger partial charge in [-0.1, -0.05) is 0 Å². The summed E-state index contributed by atoms with van der Waals surface area (Å²) in [4.78, 5) is 9.90. The molecule has 0 aliphatic heterocycles. The van der Waals surface area contributed by atoms with Crippen LogP contribution in [0.3, 0.4) is 0 Å². The number of methoxy groups -OCH3 is 4. The Bertz CT molecular complexity index is 1020. The van der Waals surface area contributed by atoms with Crippen molar-refractivity contribution in [3.05, 3.63) is 65.3 Å². The smallest absolute Gasteiger partial charge is 0.134 e. The van der Waals surface area contributed by atoms with Crippen LogP contribution in [0.15, 0.2) is 45.8 Å². The molecule has 194 valence electrons. The molecule has 36 heavy (non-hydrogen) atoms. The van der Waals surface area contributed by atoms with E-state index in [1.54, 1.807) is 73.8 Å². The average molecular weight is 565 g/mol. The molecule has 0 fully saturated rings. The maximum Gasteiger partial charge on any atom is 0.134 e. The van der Waals surface area contributed by atoms with Gasteiger partial charge in [0.25, 0.3) is 0 Å². The maximum atomic E-state index is 5.61. The molecule has 10 heteroatoms. The molecule has 4 aromatic heterocycles. The Morgan fingerprint density at radius 1 is 0.472 bits per heavy atom.